The molecule has 1 aliphatic rings. The van der Waals surface area contributed by atoms with Crippen LogP contribution in [-0.2, 0) is 21.4 Å². The van der Waals surface area contributed by atoms with Gasteiger partial charge in [-0.15, -0.1) is 0 Å². The van der Waals surface area contributed by atoms with Gasteiger partial charge < -0.3 is 0 Å². The van der Waals surface area contributed by atoms with Gasteiger partial charge in [-0.25, -0.2) is 0 Å². The Morgan fingerprint density at radius 2 is 1.92 bits per heavy atom. The van der Waals surface area contributed by atoms with Crippen molar-refractivity contribution in [3.05, 3.63) is 23.8 Å². The Morgan fingerprint density at radius 1 is 1.31 bits per heavy atom. The molecule has 0 radical (unpaired) electrons. The second-order valence-electron chi connectivity index (χ2n) is 5.44. The molecule has 1 unspecified atom stereocenters. The third-order valence-electron chi connectivity index (χ3n) is 2.31. The van der Waals surface area contributed by atoms with Gasteiger partial charge in [-0.05, 0) is 0 Å². The van der Waals surface area contributed by atoms with Crippen LogP contribution in [-0.4, -0.2) is 8.07 Å². The Kier molecular flexibility index (Phi) is 3.93. The van der Waals surface area contributed by atoms with Crippen LogP contribution in [0.3, 0.4) is 0 Å². The molecule has 0 amide bonds. The number of allylic oxidation sites excluding steroid dienone is 4. The van der Waals surface area contributed by atoms with Gasteiger partial charge in [-0.1, -0.05) is 0 Å². The number of hydrogen-bond acceptors (Lipinski definition) is 0. The minimum absolute atomic E-state index is 0.882. The maximum atomic E-state index is 2.56. The molecule has 0 saturated carbocycles. The summed E-state index contributed by atoms with van der Waals surface area (Å²) < 4.78 is 5.93. The van der Waals surface area contributed by atoms with Crippen molar-refractivity contribution in [2.75, 3.05) is 0 Å². The second-order valence-corrected chi connectivity index (χ2v) is 21.1. The van der Waals surface area contributed by atoms with Gasteiger partial charge >= 0.3 is 92.0 Å². The normalized spacial score (nSPS) is 21.9. The van der Waals surface area contributed by atoms with E-state index in [-0.39, 0.29) is 0 Å². The van der Waals surface area contributed by atoms with Crippen LogP contribution in [0.5, 0.6) is 0 Å². The van der Waals surface area contributed by atoms with Crippen molar-refractivity contribution in [1.29, 1.82) is 0 Å². The average Bonchev–Trinajstić information content (AvgIpc) is 2.31. The molecule has 0 fully saturated rings. The first-order chi connectivity index (χ1) is 5.88. The summed E-state index contributed by atoms with van der Waals surface area (Å²) in [6.45, 7) is 7.36. The summed E-state index contributed by atoms with van der Waals surface area (Å²) in [4.78, 5) is 0. The van der Waals surface area contributed by atoms with E-state index in [0.717, 1.165) is 3.67 Å². The van der Waals surface area contributed by atoms with Crippen molar-refractivity contribution < 1.29 is 21.4 Å². The zero-order valence-corrected chi connectivity index (χ0v) is 14.1. The van der Waals surface area contributed by atoms with Gasteiger partial charge in [0.1, 0.15) is 0 Å². The van der Waals surface area contributed by atoms with E-state index in [0.29, 0.717) is 0 Å². The SMILES string of the molecule is [CH3][Hf]([CH3])[CH]1C=CC(C[Si](C)(C)C)=C1. The van der Waals surface area contributed by atoms with E-state index in [9.17, 15) is 0 Å². The summed E-state index contributed by atoms with van der Waals surface area (Å²) in [5.41, 5.74) is 1.63. The summed E-state index contributed by atoms with van der Waals surface area (Å²) in [7, 11) is -0.882. The molecule has 0 bridgehead atoms. The van der Waals surface area contributed by atoms with Gasteiger partial charge in [-0.3, -0.25) is 0 Å². The maximum absolute atomic E-state index is 2.56. The summed E-state index contributed by atoms with van der Waals surface area (Å²) in [5.74, 6) is 0. The Hall–Kier alpha value is 0.567. The van der Waals surface area contributed by atoms with Crippen molar-refractivity contribution in [2.45, 2.75) is 38.7 Å². The van der Waals surface area contributed by atoms with E-state index in [2.05, 4.69) is 47.2 Å². The summed E-state index contributed by atoms with van der Waals surface area (Å²) >= 11 is -1.14. The third-order valence-corrected chi connectivity index (χ3v) is 9.86. The summed E-state index contributed by atoms with van der Waals surface area (Å²) in [5, 5.41) is 0. The molecular weight excluding hydrogens is 339 g/mol. The van der Waals surface area contributed by atoms with Crippen LogP contribution in [0.1, 0.15) is 0 Å². The minimum atomic E-state index is -1.14. The van der Waals surface area contributed by atoms with Crippen LogP contribution < -0.4 is 0 Å². The monoisotopic (exact) mass is 361 g/mol. The number of rotatable bonds is 3. The fraction of sp³-hybridized carbons (Fsp3) is 0.636. The van der Waals surface area contributed by atoms with Gasteiger partial charge in [0, 0.05) is 0 Å². The number of hydrogen-bond donors (Lipinski definition) is 0. The predicted octanol–water partition coefficient (Wildman–Crippen LogP) is 4.32. The van der Waals surface area contributed by atoms with Crippen LogP contribution in [0.25, 0.3) is 0 Å². The van der Waals surface area contributed by atoms with Crippen LogP contribution in [0.2, 0.25) is 38.7 Å². The van der Waals surface area contributed by atoms with Crippen LogP contribution >= 0.6 is 0 Å². The first-order valence-corrected chi connectivity index (χ1v) is 18.0. The predicted molar refractivity (Wildman–Crippen MR) is 60.9 cm³/mol. The van der Waals surface area contributed by atoms with Crippen molar-refractivity contribution >= 4 is 8.07 Å². The summed E-state index contributed by atoms with van der Waals surface area (Å²) in [6, 6.07) is 1.37. The van der Waals surface area contributed by atoms with E-state index in [4.69, 9.17) is 0 Å². The van der Waals surface area contributed by atoms with Crippen molar-refractivity contribution in [1.82, 2.24) is 0 Å². The molecule has 13 heavy (non-hydrogen) atoms. The van der Waals surface area contributed by atoms with Crippen LogP contribution in [0, 0.1) is 0 Å². The van der Waals surface area contributed by atoms with E-state index in [1.54, 1.807) is 5.57 Å². The molecule has 1 rings (SSSR count). The van der Waals surface area contributed by atoms with E-state index >= 15 is 0 Å². The van der Waals surface area contributed by atoms with Crippen LogP contribution in [0.15, 0.2) is 23.8 Å². The Bertz CT molecular complexity index is 233. The van der Waals surface area contributed by atoms with Crippen LogP contribution in [0.4, 0.5) is 0 Å². The average molecular weight is 360 g/mol. The molecule has 0 spiro atoms. The van der Waals surface area contributed by atoms with Gasteiger partial charge in [0.25, 0.3) is 0 Å². The van der Waals surface area contributed by atoms with Crippen molar-refractivity contribution in [3.8, 4) is 0 Å². The van der Waals surface area contributed by atoms with Gasteiger partial charge in [0.2, 0.25) is 0 Å². The summed E-state index contributed by atoms with van der Waals surface area (Å²) in [6.07, 6.45) is 7.40. The molecule has 0 N–H and O–H groups in total. The van der Waals surface area contributed by atoms with E-state index in [1.165, 1.54) is 6.04 Å². The molecule has 1 atom stereocenters. The molecule has 0 aromatic carbocycles. The standard InChI is InChI=1S/C9H15Si.2CH3.Hf/c1-10(2,3)8-9-6-4-5-7-9;;;/h4-7H,8H2,1-3H3;2*1H3;. The van der Waals surface area contributed by atoms with Crippen molar-refractivity contribution in [2.24, 2.45) is 0 Å². The zero-order chi connectivity index (χ0) is 10.1. The van der Waals surface area contributed by atoms with Gasteiger partial charge in [0.05, 0.1) is 0 Å². The first-order valence-electron chi connectivity index (χ1n) is 5.07. The molecular formula is C11H21HfSi. The molecule has 0 aromatic heterocycles. The Balaban J connectivity index is 2.57. The van der Waals surface area contributed by atoms with Crippen molar-refractivity contribution in [3.63, 3.8) is 0 Å². The van der Waals surface area contributed by atoms with E-state index < -0.39 is 29.5 Å². The zero-order valence-electron chi connectivity index (χ0n) is 9.52. The Morgan fingerprint density at radius 3 is 2.31 bits per heavy atom. The van der Waals surface area contributed by atoms with Gasteiger partial charge in [0.15, 0.2) is 0 Å². The van der Waals surface area contributed by atoms with Gasteiger partial charge in [-0.2, -0.15) is 0 Å². The Labute approximate surface area is 91.7 Å². The fourth-order valence-corrected chi connectivity index (χ4v) is 6.81. The molecule has 73 valence electrons. The molecule has 1 aliphatic carbocycles. The first kappa shape index (κ1) is 11.6. The third kappa shape index (κ3) is 4.07. The molecule has 0 nitrogen and oxygen atoms in total. The molecule has 0 aromatic rings. The molecule has 0 aliphatic heterocycles. The molecule has 0 saturated heterocycles. The topological polar surface area (TPSA) is 0 Å². The van der Waals surface area contributed by atoms with E-state index in [1.807, 2.05) is 0 Å². The second kappa shape index (κ2) is 4.39. The molecule has 0 heterocycles. The molecule has 2 heteroatoms. The quantitative estimate of drug-likeness (QED) is 0.658. The fourth-order valence-electron chi connectivity index (χ4n) is 1.66.